The fourth-order valence-corrected chi connectivity index (χ4v) is 2.22. The van der Waals surface area contributed by atoms with E-state index in [0.717, 1.165) is 16.9 Å². The van der Waals surface area contributed by atoms with Crippen LogP contribution in [-0.4, -0.2) is 20.6 Å². The highest BCUT2D eigenvalue weighted by Crippen LogP contribution is 2.13. The predicted molar refractivity (Wildman–Crippen MR) is 84.7 cm³/mol. The molecule has 112 valence electrons. The van der Waals surface area contributed by atoms with Crippen LogP contribution in [0.3, 0.4) is 0 Å². The normalized spacial score (nSPS) is 12.1. The number of hydrogen-bond donors (Lipinski definition) is 2. The molecule has 2 amide bonds. The van der Waals surface area contributed by atoms with Crippen LogP contribution in [0.5, 0.6) is 0 Å². The molecule has 3 aromatic rings. The second-order valence-corrected chi connectivity index (χ2v) is 5.17. The van der Waals surface area contributed by atoms with E-state index >= 15 is 0 Å². The number of hydrogen-bond acceptors (Lipinski definition) is 3. The summed E-state index contributed by atoms with van der Waals surface area (Å²) in [4.78, 5) is 12.1. The van der Waals surface area contributed by atoms with Gasteiger partial charge in [0.1, 0.15) is 0 Å². The van der Waals surface area contributed by atoms with Crippen molar-refractivity contribution in [2.24, 2.45) is 0 Å². The lowest BCUT2D eigenvalue weighted by Crippen LogP contribution is -2.32. The molecule has 1 atom stereocenters. The van der Waals surface area contributed by atoms with Gasteiger partial charge < -0.3 is 10.6 Å². The second-order valence-electron chi connectivity index (χ2n) is 5.17. The number of pyridine rings is 1. The van der Waals surface area contributed by atoms with Crippen molar-refractivity contribution in [3.8, 4) is 0 Å². The number of fused-ring (bicyclic) bond motifs is 1. The first-order chi connectivity index (χ1) is 10.6. The summed E-state index contributed by atoms with van der Waals surface area (Å²) in [5, 5.41) is 13.9. The van der Waals surface area contributed by atoms with Crippen LogP contribution in [0.25, 0.3) is 5.65 Å². The van der Waals surface area contributed by atoms with Crippen LogP contribution in [0.2, 0.25) is 0 Å². The smallest absolute Gasteiger partial charge is 0.319 e. The average molecular weight is 295 g/mol. The van der Waals surface area contributed by atoms with Crippen molar-refractivity contribution in [1.82, 2.24) is 19.9 Å². The highest BCUT2D eigenvalue weighted by atomic mass is 16.2. The molecule has 22 heavy (non-hydrogen) atoms. The van der Waals surface area contributed by atoms with Crippen LogP contribution < -0.4 is 10.6 Å². The Kier molecular flexibility index (Phi) is 3.74. The Morgan fingerprint density at radius 1 is 1.14 bits per heavy atom. The molecule has 0 bridgehead atoms. The van der Waals surface area contributed by atoms with Crippen LogP contribution >= 0.6 is 0 Å². The Morgan fingerprint density at radius 3 is 2.68 bits per heavy atom. The molecule has 1 aromatic carbocycles. The van der Waals surface area contributed by atoms with Gasteiger partial charge in [0.25, 0.3) is 0 Å². The number of nitrogens with zero attached hydrogens (tertiary/aromatic N) is 3. The lowest BCUT2D eigenvalue weighted by atomic mass is 10.2. The number of carbonyl (C=O) groups is 1. The lowest BCUT2D eigenvalue weighted by Gasteiger charge is -2.13. The minimum atomic E-state index is -0.274. The van der Waals surface area contributed by atoms with Crippen molar-refractivity contribution in [2.75, 3.05) is 5.32 Å². The molecule has 6 heteroatoms. The Balaban J connectivity index is 1.69. The molecule has 0 saturated heterocycles. The zero-order valence-electron chi connectivity index (χ0n) is 12.4. The number of anilines is 1. The maximum atomic E-state index is 12.1. The summed E-state index contributed by atoms with van der Waals surface area (Å²) in [5.74, 6) is 0.689. The van der Waals surface area contributed by atoms with Crippen molar-refractivity contribution >= 4 is 17.4 Å². The monoisotopic (exact) mass is 295 g/mol. The number of benzene rings is 1. The number of urea groups is 1. The van der Waals surface area contributed by atoms with Gasteiger partial charge in [-0.1, -0.05) is 23.8 Å². The number of aryl methyl sites for hydroxylation is 1. The molecule has 0 saturated carbocycles. The summed E-state index contributed by atoms with van der Waals surface area (Å²) in [6.07, 6.45) is 1.88. The lowest BCUT2D eigenvalue weighted by molar-refractivity contribution is 0.249. The van der Waals surface area contributed by atoms with Crippen molar-refractivity contribution in [3.05, 3.63) is 60.0 Å². The molecule has 0 fully saturated rings. The SMILES string of the molecule is Cc1ccc(NC(=O)NC(C)c2nnc3ccccn23)cc1. The molecule has 0 spiro atoms. The third-order valence-corrected chi connectivity index (χ3v) is 3.38. The molecule has 0 radical (unpaired) electrons. The van der Waals surface area contributed by atoms with Gasteiger partial charge in [-0.25, -0.2) is 4.79 Å². The van der Waals surface area contributed by atoms with Gasteiger partial charge in [-0.2, -0.15) is 0 Å². The van der Waals surface area contributed by atoms with Gasteiger partial charge >= 0.3 is 6.03 Å². The zero-order chi connectivity index (χ0) is 15.5. The van der Waals surface area contributed by atoms with Crippen LogP contribution in [0.15, 0.2) is 48.7 Å². The first-order valence-corrected chi connectivity index (χ1v) is 7.07. The van der Waals surface area contributed by atoms with Gasteiger partial charge in [0.05, 0.1) is 6.04 Å². The van der Waals surface area contributed by atoms with Gasteiger partial charge in [0.15, 0.2) is 11.5 Å². The van der Waals surface area contributed by atoms with E-state index in [0.29, 0.717) is 5.82 Å². The quantitative estimate of drug-likeness (QED) is 0.780. The van der Waals surface area contributed by atoms with E-state index in [-0.39, 0.29) is 12.1 Å². The highest BCUT2D eigenvalue weighted by molar-refractivity contribution is 5.89. The Bertz CT molecular complexity index is 794. The molecular weight excluding hydrogens is 278 g/mol. The van der Waals surface area contributed by atoms with Gasteiger partial charge in [-0.15, -0.1) is 10.2 Å². The summed E-state index contributed by atoms with van der Waals surface area (Å²) < 4.78 is 1.86. The van der Waals surface area contributed by atoms with E-state index in [1.807, 2.05) is 66.9 Å². The van der Waals surface area contributed by atoms with Gasteiger partial charge in [0, 0.05) is 11.9 Å². The summed E-state index contributed by atoms with van der Waals surface area (Å²) in [6.45, 7) is 3.88. The van der Waals surface area contributed by atoms with Crippen LogP contribution in [0.4, 0.5) is 10.5 Å². The highest BCUT2D eigenvalue weighted by Gasteiger charge is 2.15. The third-order valence-electron chi connectivity index (χ3n) is 3.38. The van der Waals surface area contributed by atoms with Gasteiger partial charge in [-0.3, -0.25) is 4.40 Å². The molecule has 0 aliphatic carbocycles. The summed E-state index contributed by atoms with van der Waals surface area (Å²) in [6, 6.07) is 12.8. The molecule has 3 rings (SSSR count). The number of rotatable bonds is 3. The number of carbonyl (C=O) groups excluding carboxylic acids is 1. The summed E-state index contributed by atoms with van der Waals surface area (Å²) >= 11 is 0. The van der Waals surface area contributed by atoms with Crippen molar-refractivity contribution in [2.45, 2.75) is 19.9 Å². The van der Waals surface area contributed by atoms with Crippen LogP contribution in [0, 0.1) is 6.92 Å². The van der Waals surface area contributed by atoms with Crippen LogP contribution in [0.1, 0.15) is 24.4 Å². The summed E-state index contributed by atoms with van der Waals surface area (Å²) in [7, 11) is 0. The van der Waals surface area contributed by atoms with E-state index in [9.17, 15) is 4.79 Å². The molecule has 2 aromatic heterocycles. The maximum Gasteiger partial charge on any atom is 0.319 e. The average Bonchev–Trinajstić information content (AvgIpc) is 2.93. The van der Waals surface area contributed by atoms with Crippen molar-refractivity contribution in [3.63, 3.8) is 0 Å². The maximum absolute atomic E-state index is 12.1. The molecule has 0 aliphatic heterocycles. The zero-order valence-corrected chi connectivity index (χ0v) is 12.4. The Hall–Kier alpha value is -2.89. The van der Waals surface area contributed by atoms with E-state index in [1.54, 1.807) is 0 Å². The first kappa shape index (κ1) is 14.1. The standard InChI is InChI=1S/C16H17N5O/c1-11-6-8-13(9-7-11)18-16(22)17-12(2)15-20-19-14-5-3-4-10-21(14)15/h3-10,12H,1-2H3,(H2,17,18,22). The molecular formula is C16H17N5O. The first-order valence-electron chi connectivity index (χ1n) is 7.07. The Labute approximate surface area is 128 Å². The Morgan fingerprint density at radius 2 is 1.91 bits per heavy atom. The molecule has 0 aliphatic rings. The van der Waals surface area contributed by atoms with E-state index < -0.39 is 0 Å². The van der Waals surface area contributed by atoms with Gasteiger partial charge in [0.2, 0.25) is 0 Å². The molecule has 6 nitrogen and oxygen atoms in total. The van der Waals surface area contributed by atoms with Crippen LogP contribution in [-0.2, 0) is 0 Å². The fourth-order valence-electron chi connectivity index (χ4n) is 2.22. The number of aromatic nitrogens is 3. The molecule has 2 N–H and O–H groups in total. The summed E-state index contributed by atoms with van der Waals surface area (Å²) in [5.41, 5.74) is 2.65. The molecule has 1 unspecified atom stereocenters. The number of amides is 2. The van der Waals surface area contributed by atoms with Crippen molar-refractivity contribution < 1.29 is 4.79 Å². The van der Waals surface area contributed by atoms with Crippen molar-refractivity contribution in [1.29, 1.82) is 0 Å². The van der Waals surface area contributed by atoms with E-state index in [1.165, 1.54) is 0 Å². The fraction of sp³-hybridized carbons (Fsp3) is 0.188. The predicted octanol–water partition coefficient (Wildman–Crippen LogP) is 2.92. The minimum absolute atomic E-state index is 0.261. The third kappa shape index (κ3) is 2.90. The minimum Gasteiger partial charge on any atom is -0.328 e. The van der Waals surface area contributed by atoms with E-state index in [2.05, 4.69) is 20.8 Å². The second kappa shape index (κ2) is 5.85. The number of nitrogens with one attached hydrogen (secondary N) is 2. The largest absolute Gasteiger partial charge is 0.328 e. The topological polar surface area (TPSA) is 71.3 Å². The molecule has 2 heterocycles. The van der Waals surface area contributed by atoms with Gasteiger partial charge in [-0.05, 0) is 38.1 Å². The van der Waals surface area contributed by atoms with E-state index in [4.69, 9.17) is 0 Å².